The lowest BCUT2D eigenvalue weighted by atomic mass is 10.1. The molecule has 0 aliphatic carbocycles. The topological polar surface area (TPSA) is 45.6 Å². The number of nitrogens with two attached hydrogens (primary N) is 1. The summed E-state index contributed by atoms with van der Waals surface area (Å²) in [4.78, 5) is 4.84. The van der Waals surface area contributed by atoms with Crippen LogP contribution in [-0.2, 0) is 0 Å². The highest BCUT2D eigenvalue weighted by Crippen LogP contribution is 2.21. The average Bonchev–Trinajstić information content (AvgIpc) is 2.71. The van der Waals surface area contributed by atoms with E-state index < -0.39 is 0 Å². The molecule has 1 aromatic heterocycles. The molecule has 0 spiro atoms. The summed E-state index contributed by atoms with van der Waals surface area (Å²) in [6.45, 7) is 5.16. The second-order valence-electron chi connectivity index (χ2n) is 4.50. The molecule has 0 aromatic carbocycles. The number of hydrogen-bond acceptors (Lipinski definition) is 4. The summed E-state index contributed by atoms with van der Waals surface area (Å²) in [5, 5.41) is 0. The molecule has 0 bridgehead atoms. The van der Waals surface area contributed by atoms with Crippen LogP contribution in [-0.4, -0.2) is 49.6 Å². The zero-order valence-corrected chi connectivity index (χ0v) is 9.93. The van der Waals surface area contributed by atoms with Crippen LogP contribution in [0.5, 0.6) is 0 Å². The molecule has 2 N–H and O–H groups in total. The fourth-order valence-electron chi connectivity index (χ4n) is 2.34. The van der Waals surface area contributed by atoms with Crippen molar-refractivity contribution in [2.45, 2.75) is 12.5 Å². The molecule has 1 unspecified atom stereocenters. The van der Waals surface area contributed by atoms with Crippen LogP contribution in [0, 0.1) is 0 Å². The molecular weight excluding hydrogens is 202 g/mol. The van der Waals surface area contributed by atoms with Gasteiger partial charge in [0.15, 0.2) is 0 Å². The van der Waals surface area contributed by atoms with Crippen molar-refractivity contribution >= 4 is 0 Å². The fraction of sp³-hybridized carbons (Fsp3) is 0.667. The molecule has 1 aliphatic heterocycles. The van der Waals surface area contributed by atoms with Gasteiger partial charge in [-0.05, 0) is 26.1 Å². The Hall–Kier alpha value is -0.840. The van der Waals surface area contributed by atoms with E-state index in [9.17, 15) is 0 Å². The van der Waals surface area contributed by atoms with Crippen LogP contribution in [0.2, 0.25) is 0 Å². The van der Waals surface area contributed by atoms with Crippen LogP contribution in [0.25, 0.3) is 0 Å². The molecule has 0 saturated carbocycles. The van der Waals surface area contributed by atoms with Crippen molar-refractivity contribution in [3.8, 4) is 0 Å². The Morgan fingerprint density at radius 1 is 1.38 bits per heavy atom. The predicted molar refractivity (Wildman–Crippen MR) is 64.2 cm³/mol. The molecule has 1 fully saturated rings. The van der Waals surface area contributed by atoms with Crippen LogP contribution in [0.15, 0.2) is 23.0 Å². The minimum atomic E-state index is 0.310. The standard InChI is InChI=1S/C12H21N3O/c1-14-4-2-5-15(7-6-14)12(9-13)11-3-8-16-10-11/h3,8,10,12H,2,4-7,9,13H2,1H3. The Kier molecular flexibility index (Phi) is 3.98. The lowest BCUT2D eigenvalue weighted by Crippen LogP contribution is -2.36. The van der Waals surface area contributed by atoms with Gasteiger partial charge in [0.2, 0.25) is 0 Å². The summed E-state index contributed by atoms with van der Waals surface area (Å²) < 4.78 is 5.15. The van der Waals surface area contributed by atoms with Crippen molar-refractivity contribution in [1.82, 2.24) is 9.80 Å². The lowest BCUT2D eigenvalue weighted by Gasteiger charge is -2.28. The van der Waals surface area contributed by atoms with E-state index in [1.807, 2.05) is 12.3 Å². The maximum atomic E-state index is 5.88. The molecule has 1 aromatic rings. The van der Waals surface area contributed by atoms with E-state index in [1.54, 1.807) is 6.26 Å². The average molecular weight is 223 g/mol. The Morgan fingerprint density at radius 3 is 2.94 bits per heavy atom. The highest BCUT2D eigenvalue weighted by Gasteiger charge is 2.21. The Bertz CT molecular complexity index is 299. The minimum absolute atomic E-state index is 0.310. The second kappa shape index (κ2) is 5.48. The van der Waals surface area contributed by atoms with Crippen LogP contribution in [0.3, 0.4) is 0 Å². The van der Waals surface area contributed by atoms with E-state index in [-0.39, 0.29) is 0 Å². The quantitative estimate of drug-likeness (QED) is 0.827. The molecule has 4 heteroatoms. The van der Waals surface area contributed by atoms with Gasteiger partial charge in [-0.1, -0.05) is 0 Å². The Labute approximate surface area is 97.0 Å². The smallest absolute Gasteiger partial charge is 0.0950 e. The molecule has 16 heavy (non-hydrogen) atoms. The molecule has 4 nitrogen and oxygen atoms in total. The number of likely N-dealkylation sites (N-methyl/N-ethyl adjacent to an activating group) is 1. The third-order valence-corrected chi connectivity index (χ3v) is 3.35. The first-order valence-corrected chi connectivity index (χ1v) is 5.96. The van der Waals surface area contributed by atoms with Gasteiger partial charge in [0, 0.05) is 31.7 Å². The fourth-order valence-corrected chi connectivity index (χ4v) is 2.34. The highest BCUT2D eigenvalue weighted by molar-refractivity contribution is 5.12. The Morgan fingerprint density at radius 2 is 2.25 bits per heavy atom. The van der Waals surface area contributed by atoms with Crippen molar-refractivity contribution in [3.63, 3.8) is 0 Å². The molecule has 0 amide bonds. The maximum Gasteiger partial charge on any atom is 0.0950 e. The zero-order valence-electron chi connectivity index (χ0n) is 9.93. The number of rotatable bonds is 3. The largest absolute Gasteiger partial charge is 0.472 e. The summed E-state index contributed by atoms with van der Waals surface area (Å²) >= 11 is 0. The summed E-state index contributed by atoms with van der Waals surface area (Å²) in [7, 11) is 2.18. The first-order valence-electron chi connectivity index (χ1n) is 5.96. The van der Waals surface area contributed by atoms with Crippen molar-refractivity contribution < 1.29 is 4.42 Å². The van der Waals surface area contributed by atoms with Crippen LogP contribution in [0.1, 0.15) is 18.0 Å². The van der Waals surface area contributed by atoms with E-state index >= 15 is 0 Å². The number of furan rings is 1. The molecule has 2 rings (SSSR count). The van der Waals surface area contributed by atoms with E-state index in [2.05, 4.69) is 16.8 Å². The van der Waals surface area contributed by atoms with E-state index in [0.29, 0.717) is 12.6 Å². The Balaban J connectivity index is 2.03. The van der Waals surface area contributed by atoms with E-state index in [1.165, 1.54) is 18.5 Å². The maximum absolute atomic E-state index is 5.88. The van der Waals surface area contributed by atoms with Gasteiger partial charge in [0.1, 0.15) is 0 Å². The molecule has 90 valence electrons. The van der Waals surface area contributed by atoms with Gasteiger partial charge in [0.05, 0.1) is 18.6 Å². The monoisotopic (exact) mass is 223 g/mol. The molecule has 1 atom stereocenters. The van der Waals surface area contributed by atoms with Crippen molar-refractivity contribution in [2.24, 2.45) is 5.73 Å². The van der Waals surface area contributed by atoms with E-state index in [0.717, 1.165) is 19.6 Å². The zero-order chi connectivity index (χ0) is 11.4. The summed E-state index contributed by atoms with van der Waals surface area (Å²) in [6.07, 6.45) is 4.75. The van der Waals surface area contributed by atoms with Gasteiger partial charge in [0.25, 0.3) is 0 Å². The minimum Gasteiger partial charge on any atom is -0.472 e. The van der Waals surface area contributed by atoms with Crippen LogP contribution in [0.4, 0.5) is 0 Å². The van der Waals surface area contributed by atoms with Gasteiger partial charge >= 0.3 is 0 Å². The van der Waals surface area contributed by atoms with Gasteiger partial charge in [-0.25, -0.2) is 0 Å². The summed E-state index contributed by atoms with van der Waals surface area (Å²) in [5.74, 6) is 0. The molecular formula is C12H21N3O. The summed E-state index contributed by atoms with van der Waals surface area (Å²) in [6, 6.07) is 2.33. The van der Waals surface area contributed by atoms with Crippen LogP contribution < -0.4 is 5.73 Å². The van der Waals surface area contributed by atoms with Crippen molar-refractivity contribution in [1.29, 1.82) is 0 Å². The third-order valence-electron chi connectivity index (χ3n) is 3.35. The first-order chi connectivity index (χ1) is 7.81. The lowest BCUT2D eigenvalue weighted by molar-refractivity contribution is 0.207. The second-order valence-corrected chi connectivity index (χ2v) is 4.50. The normalized spacial score (nSPS) is 21.9. The number of hydrogen-bond donors (Lipinski definition) is 1. The van der Waals surface area contributed by atoms with Crippen LogP contribution >= 0.6 is 0 Å². The third kappa shape index (κ3) is 2.64. The van der Waals surface area contributed by atoms with Crippen molar-refractivity contribution in [2.75, 3.05) is 39.8 Å². The molecule has 1 saturated heterocycles. The molecule has 0 radical (unpaired) electrons. The van der Waals surface area contributed by atoms with Crippen molar-refractivity contribution in [3.05, 3.63) is 24.2 Å². The number of nitrogens with zero attached hydrogens (tertiary/aromatic N) is 2. The SMILES string of the molecule is CN1CCCN(C(CN)c2ccoc2)CC1. The van der Waals surface area contributed by atoms with Gasteiger partial charge < -0.3 is 15.1 Å². The highest BCUT2D eigenvalue weighted by atomic mass is 16.3. The van der Waals surface area contributed by atoms with Gasteiger partial charge in [-0.15, -0.1) is 0 Å². The van der Waals surface area contributed by atoms with E-state index in [4.69, 9.17) is 10.2 Å². The summed E-state index contributed by atoms with van der Waals surface area (Å²) in [5.41, 5.74) is 7.08. The predicted octanol–water partition coefficient (Wildman–Crippen LogP) is 0.917. The van der Waals surface area contributed by atoms with Gasteiger partial charge in [-0.2, -0.15) is 0 Å². The first kappa shape index (κ1) is 11.6. The molecule has 2 heterocycles. The van der Waals surface area contributed by atoms with Gasteiger partial charge in [-0.3, -0.25) is 4.90 Å². The molecule has 1 aliphatic rings.